The topological polar surface area (TPSA) is 82.2 Å². The molecule has 0 aromatic carbocycles. The number of rotatable bonds is 2. The Hall–Kier alpha value is -2.70. The van der Waals surface area contributed by atoms with Gasteiger partial charge in [-0.2, -0.15) is 0 Å². The van der Waals surface area contributed by atoms with Gasteiger partial charge in [-0.15, -0.1) is 0 Å². The molecule has 4 heterocycles. The molecule has 0 atom stereocenters. The minimum atomic E-state index is -0.381. The number of amides is 2. The lowest BCUT2D eigenvalue weighted by atomic mass is 9.78. The normalized spacial score (nSPS) is 20.9. The van der Waals surface area contributed by atoms with Gasteiger partial charge in [0.25, 0.3) is 5.91 Å². The third kappa shape index (κ3) is 2.64. The number of aromatic amines is 1. The zero-order valence-corrected chi connectivity index (χ0v) is 16.1. The van der Waals surface area contributed by atoms with Crippen LogP contribution in [0, 0.1) is 12.8 Å². The van der Waals surface area contributed by atoms with E-state index in [9.17, 15) is 9.59 Å². The van der Waals surface area contributed by atoms with Crippen LogP contribution in [0.25, 0.3) is 0 Å². The Balaban J connectivity index is 1.42. The first-order chi connectivity index (χ1) is 13.6. The van der Waals surface area contributed by atoms with Crippen molar-refractivity contribution in [1.82, 2.24) is 24.8 Å². The summed E-state index contributed by atoms with van der Waals surface area (Å²) >= 11 is 0. The number of carbonyl (C=O) groups excluding carboxylic acids is 2. The van der Waals surface area contributed by atoms with Crippen LogP contribution in [0.15, 0.2) is 24.8 Å². The summed E-state index contributed by atoms with van der Waals surface area (Å²) in [6.45, 7) is 3.91. The molecule has 2 aromatic heterocycles. The summed E-state index contributed by atoms with van der Waals surface area (Å²) in [5.41, 5.74) is 3.38. The van der Waals surface area contributed by atoms with Gasteiger partial charge >= 0.3 is 0 Å². The number of likely N-dealkylation sites (tertiary alicyclic amines) is 1. The van der Waals surface area contributed by atoms with E-state index in [1.54, 1.807) is 18.7 Å². The lowest BCUT2D eigenvalue weighted by molar-refractivity contribution is -0.143. The lowest BCUT2D eigenvalue weighted by Gasteiger charge is -2.50. The Kier molecular flexibility index (Phi) is 4.00. The third-order valence-electron chi connectivity index (χ3n) is 6.60. The maximum Gasteiger partial charge on any atom is 0.255 e. The number of imidazole rings is 1. The van der Waals surface area contributed by atoms with Gasteiger partial charge in [0.2, 0.25) is 5.91 Å². The highest BCUT2D eigenvalue weighted by Gasteiger charge is 2.51. The molecular weight excluding hydrogens is 354 g/mol. The number of pyridine rings is 1. The van der Waals surface area contributed by atoms with Crippen molar-refractivity contribution in [1.29, 1.82) is 0 Å². The van der Waals surface area contributed by atoms with E-state index < -0.39 is 0 Å². The van der Waals surface area contributed by atoms with Crippen molar-refractivity contribution in [2.45, 2.75) is 44.6 Å². The van der Waals surface area contributed by atoms with E-state index >= 15 is 0 Å². The van der Waals surface area contributed by atoms with E-state index in [4.69, 9.17) is 0 Å². The van der Waals surface area contributed by atoms with E-state index in [0.717, 1.165) is 55.6 Å². The fourth-order valence-electron chi connectivity index (χ4n) is 4.79. The van der Waals surface area contributed by atoms with Crippen LogP contribution in [0.2, 0.25) is 0 Å². The molecule has 1 N–H and O–H groups in total. The van der Waals surface area contributed by atoms with Gasteiger partial charge < -0.3 is 14.8 Å². The second kappa shape index (κ2) is 6.43. The number of aryl methyl sites for hydroxylation is 1. The molecule has 2 amide bonds. The van der Waals surface area contributed by atoms with Crippen LogP contribution >= 0.6 is 0 Å². The van der Waals surface area contributed by atoms with Crippen molar-refractivity contribution in [3.8, 4) is 0 Å². The molecule has 146 valence electrons. The molecule has 3 aliphatic rings. The predicted octanol–water partition coefficient (Wildman–Crippen LogP) is 2.04. The third-order valence-corrected chi connectivity index (χ3v) is 6.60. The van der Waals surface area contributed by atoms with Gasteiger partial charge in [-0.1, -0.05) is 0 Å². The molecule has 2 aliphatic heterocycles. The van der Waals surface area contributed by atoms with Crippen LogP contribution < -0.4 is 0 Å². The number of H-pyrrole nitrogens is 1. The number of hydrogen-bond acceptors (Lipinski definition) is 4. The second-order valence-corrected chi connectivity index (χ2v) is 8.26. The molecule has 2 fully saturated rings. The SMILES string of the molecule is Cc1ccncc1C(=O)N1CCC2(CC1)c1nc[nH]c1CCN2C(=O)C1CC1. The van der Waals surface area contributed by atoms with Crippen LogP contribution in [0.1, 0.15) is 53.0 Å². The Morgan fingerprint density at radius 1 is 1.21 bits per heavy atom. The number of carbonyl (C=O) groups is 2. The number of piperidine rings is 1. The highest BCUT2D eigenvalue weighted by molar-refractivity contribution is 5.95. The lowest BCUT2D eigenvalue weighted by Crippen LogP contribution is -2.59. The van der Waals surface area contributed by atoms with Crippen LogP contribution in [0.3, 0.4) is 0 Å². The molecule has 0 bridgehead atoms. The van der Waals surface area contributed by atoms with Gasteiger partial charge in [-0.25, -0.2) is 4.98 Å². The number of aromatic nitrogens is 3. The summed E-state index contributed by atoms with van der Waals surface area (Å²) in [6, 6.07) is 1.87. The molecule has 1 saturated heterocycles. The average molecular weight is 379 g/mol. The predicted molar refractivity (Wildman–Crippen MR) is 103 cm³/mol. The van der Waals surface area contributed by atoms with Crippen LogP contribution in [-0.4, -0.2) is 56.2 Å². The van der Waals surface area contributed by atoms with E-state index in [0.29, 0.717) is 18.7 Å². The molecule has 1 spiro atoms. The standard InChI is InChI=1S/C21H25N5O2/c1-14-4-8-22-12-16(14)20(28)25-10-6-21(7-11-25)18-17(23-13-24-18)5-9-26(21)19(27)15-2-3-15/h4,8,12-13,15H,2-3,5-7,9-11H2,1H3,(H,23,24). The second-order valence-electron chi connectivity index (χ2n) is 8.26. The highest BCUT2D eigenvalue weighted by Crippen LogP contribution is 2.45. The largest absolute Gasteiger partial charge is 0.348 e. The van der Waals surface area contributed by atoms with Crippen LogP contribution in [0.5, 0.6) is 0 Å². The van der Waals surface area contributed by atoms with Gasteiger partial charge in [0.15, 0.2) is 0 Å². The highest BCUT2D eigenvalue weighted by atomic mass is 16.2. The van der Waals surface area contributed by atoms with Gasteiger partial charge in [-0.3, -0.25) is 14.6 Å². The van der Waals surface area contributed by atoms with Crippen molar-refractivity contribution >= 4 is 11.8 Å². The van der Waals surface area contributed by atoms with Crippen LogP contribution in [0.4, 0.5) is 0 Å². The molecule has 7 nitrogen and oxygen atoms in total. The summed E-state index contributed by atoms with van der Waals surface area (Å²) in [5, 5.41) is 0. The molecule has 7 heteroatoms. The molecule has 0 unspecified atom stereocenters. The molecule has 1 saturated carbocycles. The molecule has 5 rings (SSSR count). The first-order valence-corrected chi connectivity index (χ1v) is 10.1. The number of nitrogens with zero attached hydrogens (tertiary/aromatic N) is 4. The van der Waals surface area contributed by atoms with Gasteiger partial charge in [0, 0.05) is 50.1 Å². The van der Waals surface area contributed by atoms with Gasteiger partial charge in [0.1, 0.15) is 0 Å². The summed E-state index contributed by atoms with van der Waals surface area (Å²) in [7, 11) is 0. The number of nitrogens with one attached hydrogen (secondary N) is 1. The van der Waals surface area contributed by atoms with E-state index in [1.165, 1.54) is 0 Å². The molecule has 2 aromatic rings. The van der Waals surface area contributed by atoms with Gasteiger partial charge in [0.05, 0.1) is 23.1 Å². The van der Waals surface area contributed by atoms with E-state index in [-0.39, 0.29) is 23.3 Å². The monoisotopic (exact) mass is 379 g/mol. The fraction of sp³-hybridized carbons (Fsp3) is 0.524. The fourth-order valence-corrected chi connectivity index (χ4v) is 4.79. The average Bonchev–Trinajstić information content (AvgIpc) is 3.45. The summed E-state index contributed by atoms with van der Waals surface area (Å²) in [5.74, 6) is 0.491. The summed E-state index contributed by atoms with van der Waals surface area (Å²) in [4.78, 5) is 42.0. The molecule has 28 heavy (non-hydrogen) atoms. The quantitative estimate of drug-likeness (QED) is 0.866. The molecule has 1 aliphatic carbocycles. The van der Waals surface area contributed by atoms with E-state index in [1.807, 2.05) is 17.9 Å². The summed E-state index contributed by atoms with van der Waals surface area (Å²) in [6.07, 6.45) is 9.40. The maximum absolute atomic E-state index is 13.0. The van der Waals surface area contributed by atoms with Crippen molar-refractivity contribution in [2.75, 3.05) is 19.6 Å². The summed E-state index contributed by atoms with van der Waals surface area (Å²) < 4.78 is 0. The van der Waals surface area contributed by atoms with Crippen molar-refractivity contribution in [3.63, 3.8) is 0 Å². The molecule has 0 radical (unpaired) electrons. The Labute approximate surface area is 164 Å². The number of fused-ring (bicyclic) bond motifs is 2. The first kappa shape index (κ1) is 17.4. The Morgan fingerprint density at radius 3 is 2.71 bits per heavy atom. The van der Waals surface area contributed by atoms with E-state index in [2.05, 4.69) is 19.9 Å². The van der Waals surface area contributed by atoms with Gasteiger partial charge in [-0.05, 0) is 44.2 Å². The Morgan fingerprint density at radius 2 is 2.00 bits per heavy atom. The smallest absolute Gasteiger partial charge is 0.255 e. The maximum atomic E-state index is 13.0. The molecular formula is C21H25N5O2. The minimum absolute atomic E-state index is 0.0265. The minimum Gasteiger partial charge on any atom is -0.348 e. The number of hydrogen-bond donors (Lipinski definition) is 1. The van der Waals surface area contributed by atoms with Crippen molar-refractivity contribution in [3.05, 3.63) is 47.3 Å². The van der Waals surface area contributed by atoms with Crippen molar-refractivity contribution in [2.24, 2.45) is 5.92 Å². The van der Waals surface area contributed by atoms with Crippen molar-refractivity contribution < 1.29 is 9.59 Å². The first-order valence-electron chi connectivity index (χ1n) is 10.1. The zero-order valence-electron chi connectivity index (χ0n) is 16.1. The van der Waals surface area contributed by atoms with Crippen LogP contribution in [-0.2, 0) is 16.8 Å². The zero-order chi connectivity index (χ0) is 19.3. The Bertz CT molecular complexity index is 924.